The van der Waals surface area contributed by atoms with Crippen molar-refractivity contribution in [3.8, 4) is 6.07 Å². The molecule has 0 aliphatic carbocycles. The van der Waals surface area contributed by atoms with Crippen LogP contribution in [0, 0.1) is 23.0 Å². The van der Waals surface area contributed by atoms with Crippen molar-refractivity contribution < 1.29 is 26.5 Å². The molecule has 0 aromatic heterocycles. The van der Waals surface area contributed by atoms with E-state index in [1.54, 1.807) is 5.32 Å². The SMILES string of the molecule is N#Cc1cc(F)c(F)cc1NC(=O)OS(=O)[O-]. The number of rotatable bonds is 2. The van der Waals surface area contributed by atoms with Crippen molar-refractivity contribution >= 4 is 23.1 Å². The second-order valence-corrected chi connectivity index (χ2v) is 3.20. The van der Waals surface area contributed by atoms with Gasteiger partial charge in [-0.1, -0.05) is 0 Å². The molecular formula is C8H3F2N2O4S-. The molecule has 90 valence electrons. The van der Waals surface area contributed by atoms with E-state index < -0.39 is 34.8 Å². The van der Waals surface area contributed by atoms with E-state index in [0.717, 1.165) is 0 Å². The fraction of sp³-hybridized carbons (Fsp3) is 0. The average molecular weight is 261 g/mol. The number of nitriles is 1. The Morgan fingerprint density at radius 2 is 2.06 bits per heavy atom. The van der Waals surface area contributed by atoms with Crippen LogP contribution in [-0.4, -0.2) is 14.9 Å². The summed E-state index contributed by atoms with van der Waals surface area (Å²) in [5.41, 5.74) is -0.778. The lowest BCUT2D eigenvalue weighted by molar-refractivity contribution is 0.215. The first-order valence-corrected chi connectivity index (χ1v) is 4.91. The van der Waals surface area contributed by atoms with E-state index in [9.17, 15) is 22.3 Å². The Labute approximate surface area is 96.3 Å². The summed E-state index contributed by atoms with van der Waals surface area (Å²) in [5, 5.41) is 10.4. The summed E-state index contributed by atoms with van der Waals surface area (Å²) in [6.45, 7) is 0. The van der Waals surface area contributed by atoms with E-state index in [1.807, 2.05) is 0 Å². The summed E-state index contributed by atoms with van der Waals surface area (Å²) in [4.78, 5) is 10.8. The molecule has 1 atom stereocenters. The summed E-state index contributed by atoms with van der Waals surface area (Å²) >= 11 is -3.10. The van der Waals surface area contributed by atoms with Crippen LogP contribution < -0.4 is 5.32 Å². The Hall–Kier alpha value is -2.05. The predicted octanol–water partition coefficient (Wildman–Crippen LogP) is 1.18. The summed E-state index contributed by atoms with van der Waals surface area (Å²) in [6.07, 6.45) is -1.44. The van der Waals surface area contributed by atoms with E-state index in [1.165, 1.54) is 6.07 Å². The zero-order chi connectivity index (χ0) is 13.0. The maximum absolute atomic E-state index is 12.8. The molecule has 1 amide bonds. The van der Waals surface area contributed by atoms with Gasteiger partial charge in [-0.15, -0.1) is 0 Å². The van der Waals surface area contributed by atoms with Gasteiger partial charge in [0.15, 0.2) is 11.6 Å². The molecule has 0 saturated carbocycles. The summed E-state index contributed by atoms with van der Waals surface area (Å²) < 4.78 is 49.2. The van der Waals surface area contributed by atoms with E-state index in [-0.39, 0.29) is 5.56 Å². The van der Waals surface area contributed by atoms with Gasteiger partial charge < -0.3 is 8.74 Å². The number of hydrogen-bond donors (Lipinski definition) is 1. The number of carbonyl (C=O) groups is 1. The maximum Gasteiger partial charge on any atom is 0.425 e. The van der Waals surface area contributed by atoms with Crippen molar-refractivity contribution in [1.29, 1.82) is 5.26 Å². The predicted molar refractivity (Wildman–Crippen MR) is 50.1 cm³/mol. The number of amides is 1. The third-order valence-electron chi connectivity index (χ3n) is 1.56. The van der Waals surface area contributed by atoms with Crippen molar-refractivity contribution in [1.82, 2.24) is 0 Å². The van der Waals surface area contributed by atoms with Crippen molar-refractivity contribution in [2.24, 2.45) is 0 Å². The zero-order valence-corrected chi connectivity index (χ0v) is 8.72. The van der Waals surface area contributed by atoms with Crippen LogP contribution in [-0.2, 0) is 15.5 Å². The maximum atomic E-state index is 12.8. The first-order chi connectivity index (χ1) is 7.93. The lowest BCUT2D eigenvalue weighted by atomic mass is 10.2. The fourth-order valence-corrected chi connectivity index (χ4v) is 1.10. The molecule has 0 saturated heterocycles. The lowest BCUT2D eigenvalue weighted by Gasteiger charge is -2.08. The summed E-state index contributed by atoms with van der Waals surface area (Å²) in [6, 6.07) is 2.58. The molecule has 9 heteroatoms. The molecule has 0 radical (unpaired) electrons. The first kappa shape index (κ1) is 13.0. The minimum absolute atomic E-state index is 0.377. The molecule has 6 nitrogen and oxygen atoms in total. The average Bonchev–Trinajstić information content (AvgIpc) is 2.21. The first-order valence-electron chi connectivity index (χ1n) is 3.91. The van der Waals surface area contributed by atoms with Crippen molar-refractivity contribution in [3.63, 3.8) is 0 Å². The highest BCUT2D eigenvalue weighted by Gasteiger charge is 2.12. The Bertz CT molecular complexity index is 529. The molecule has 17 heavy (non-hydrogen) atoms. The Kier molecular flexibility index (Phi) is 4.08. The fourth-order valence-electron chi connectivity index (χ4n) is 0.935. The normalized spacial score (nSPS) is 11.4. The van der Waals surface area contributed by atoms with Crippen LogP contribution in [0.2, 0.25) is 0 Å². The molecular weight excluding hydrogens is 258 g/mol. The van der Waals surface area contributed by atoms with Crippen molar-refractivity contribution in [2.45, 2.75) is 0 Å². The molecule has 0 aliphatic heterocycles. The van der Waals surface area contributed by atoms with Crippen LogP contribution in [0.1, 0.15) is 5.56 Å². The van der Waals surface area contributed by atoms with Gasteiger partial charge in [-0.05, 0) is 6.07 Å². The molecule has 1 aromatic carbocycles. The van der Waals surface area contributed by atoms with Gasteiger partial charge in [0.05, 0.1) is 11.3 Å². The Balaban J connectivity index is 2.99. The van der Waals surface area contributed by atoms with Gasteiger partial charge in [-0.2, -0.15) is 5.26 Å². The van der Waals surface area contributed by atoms with Crippen molar-refractivity contribution in [3.05, 3.63) is 29.3 Å². The Morgan fingerprint density at radius 3 is 2.59 bits per heavy atom. The van der Waals surface area contributed by atoms with Gasteiger partial charge >= 0.3 is 6.09 Å². The van der Waals surface area contributed by atoms with E-state index in [4.69, 9.17) is 5.26 Å². The number of hydrogen-bond acceptors (Lipinski definition) is 5. The second kappa shape index (κ2) is 5.33. The highest BCUT2D eigenvalue weighted by molar-refractivity contribution is 7.74. The third-order valence-corrected chi connectivity index (χ3v) is 1.85. The molecule has 0 aliphatic rings. The van der Waals surface area contributed by atoms with Gasteiger partial charge in [0.1, 0.15) is 17.4 Å². The van der Waals surface area contributed by atoms with Crippen LogP contribution >= 0.6 is 0 Å². The standard InChI is InChI=1S/C8H4F2N2O4S/c9-5-1-4(3-11)7(2-6(5)10)12-8(13)16-17(14)15/h1-2H,(H,12,13)(H,14,15)/p-1. The molecule has 1 N–H and O–H groups in total. The summed E-state index contributed by atoms with van der Waals surface area (Å²) in [5.74, 6) is -2.57. The van der Waals surface area contributed by atoms with Crippen LogP contribution in [0.25, 0.3) is 0 Å². The van der Waals surface area contributed by atoms with Crippen molar-refractivity contribution in [2.75, 3.05) is 5.32 Å². The van der Waals surface area contributed by atoms with Crippen LogP contribution in [0.3, 0.4) is 0 Å². The molecule has 0 spiro atoms. The van der Waals surface area contributed by atoms with Gasteiger partial charge in [-0.25, -0.2) is 17.8 Å². The minimum Gasteiger partial charge on any atom is -0.740 e. The highest BCUT2D eigenvalue weighted by atomic mass is 32.2. The largest absolute Gasteiger partial charge is 0.740 e. The van der Waals surface area contributed by atoms with E-state index in [2.05, 4.69) is 4.18 Å². The quantitative estimate of drug-likeness (QED) is 0.805. The number of halogens is 2. The van der Waals surface area contributed by atoms with Crippen LogP contribution in [0.15, 0.2) is 12.1 Å². The Morgan fingerprint density at radius 1 is 1.47 bits per heavy atom. The second-order valence-electron chi connectivity index (χ2n) is 2.62. The summed E-state index contributed by atoms with van der Waals surface area (Å²) in [7, 11) is 0. The number of benzene rings is 1. The molecule has 0 heterocycles. The molecule has 1 unspecified atom stereocenters. The van der Waals surface area contributed by atoms with E-state index >= 15 is 0 Å². The molecule has 0 bridgehead atoms. The van der Waals surface area contributed by atoms with Gasteiger partial charge in [0.25, 0.3) is 0 Å². The monoisotopic (exact) mass is 261 g/mol. The lowest BCUT2D eigenvalue weighted by Crippen LogP contribution is -2.16. The molecule has 1 aromatic rings. The zero-order valence-electron chi connectivity index (χ0n) is 7.90. The number of nitrogens with zero attached hydrogens (tertiary/aromatic N) is 1. The molecule has 1 rings (SSSR count). The van der Waals surface area contributed by atoms with Gasteiger partial charge in [0, 0.05) is 6.07 Å². The van der Waals surface area contributed by atoms with Gasteiger partial charge in [0.2, 0.25) is 0 Å². The number of anilines is 1. The van der Waals surface area contributed by atoms with E-state index in [0.29, 0.717) is 12.1 Å². The molecule has 0 fully saturated rings. The van der Waals surface area contributed by atoms with Crippen LogP contribution in [0.5, 0.6) is 0 Å². The smallest absolute Gasteiger partial charge is 0.425 e. The number of nitrogens with one attached hydrogen (secondary N) is 1. The van der Waals surface area contributed by atoms with Crippen LogP contribution in [0.4, 0.5) is 19.3 Å². The topological polar surface area (TPSA) is 102 Å². The number of carbonyl (C=O) groups excluding carboxylic acids is 1. The minimum atomic E-state index is -3.10. The highest BCUT2D eigenvalue weighted by Crippen LogP contribution is 2.19. The third kappa shape index (κ3) is 3.47. The van der Waals surface area contributed by atoms with Gasteiger partial charge in [-0.3, -0.25) is 5.32 Å².